The number of sulfonamides is 1. The van der Waals surface area contributed by atoms with E-state index in [9.17, 15) is 13.2 Å². The summed E-state index contributed by atoms with van der Waals surface area (Å²) >= 11 is 0. The predicted molar refractivity (Wildman–Crippen MR) is 104 cm³/mol. The van der Waals surface area contributed by atoms with Gasteiger partial charge in [0.1, 0.15) is 0 Å². The molecule has 1 aromatic rings. The lowest BCUT2D eigenvalue weighted by Crippen LogP contribution is -2.41. The number of benzene rings is 1. The predicted octanol–water partition coefficient (Wildman–Crippen LogP) is 1.69. The first-order valence-corrected chi connectivity index (χ1v) is 11.0. The molecule has 2 aliphatic rings. The maximum absolute atomic E-state index is 12.9. The number of nitrogens with one attached hydrogen (secondary N) is 1. The Bertz CT molecular complexity index is 775. The van der Waals surface area contributed by atoms with Gasteiger partial charge in [0.05, 0.1) is 24.7 Å². The Labute approximate surface area is 161 Å². The van der Waals surface area contributed by atoms with E-state index < -0.39 is 10.0 Å². The lowest BCUT2D eigenvalue weighted by atomic mass is 10.0. The first-order valence-electron chi connectivity index (χ1n) is 9.57. The Morgan fingerprint density at radius 2 is 2.00 bits per heavy atom. The summed E-state index contributed by atoms with van der Waals surface area (Å²) in [5.41, 5.74) is 1.19. The Morgan fingerprint density at radius 3 is 2.70 bits per heavy atom. The lowest BCUT2D eigenvalue weighted by Gasteiger charge is -2.30. The maximum atomic E-state index is 12.9. The third kappa shape index (κ3) is 5.07. The maximum Gasteiger partial charge on any atom is 0.243 e. The van der Waals surface area contributed by atoms with Gasteiger partial charge in [0.2, 0.25) is 15.9 Å². The second kappa shape index (κ2) is 8.68. The highest BCUT2D eigenvalue weighted by atomic mass is 32.2. The summed E-state index contributed by atoms with van der Waals surface area (Å²) in [5, 5.41) is 2.86. The van der Waals surface area contributed by atoms with Crippen LogP contribution in [0.3, 0.4) is 0 Å². The van der Waals surface area contributed by atoms with Gasteiger partial charge in [0.15, 0.2) is 0 Å². The normalized spacial score (nSPS) is 22.5. The first-order chi connectivity index (χ1) is 12.9. The second-order valence-corrected chi connectivity index (χ2v) is 9.43. The molecule has 1 unspecified atom stereocenters. The molecule has 0 radical (unpaired) electrons. The van der Waals surface area contributed by atoms with Crippen molar-refractivity contribution in [3.63, 3.8) is 0 Å². The van der Waals surface area contributed by atoms with Crippen LogP contribution in [0.1, 0.15) is 25.3 Å². The molecule has 0 saturated carbocycles. The number of likely N-dealkylation sites (tertiary alicyclic amines) is 1. The molecule has 2 saturated heterocycles. The van der Waals surface area contributed by atoms with Gasteiger partial charge >= 0.3 is 0 Å². The fraction of sp³-hybridized carbons (Fsp3) is 0.632. The number of morpholine rings is 1. The largest absolute Gasteiger partial charge is 0.379 e. The van der Waals surface area contributed by atoms with Crippen molar-refractivity contribution in [2.45, 2.75) is 31.6 Å². The fourth-order valence-corrected chi connectivity index (χ4v) is 5.37. The highest BCUT2D eigenvalue weighted by molar-refractivity contribution is 7.89. The van der Waals surface area contributed by atoms with Crippen molar-refractivity contribution in [2.75, 3.05) is 51.3 Å². The van der Waals surface area contributed by atoms with Crippen LogP contribution in [-0.2, 0) is 19.6 Å². The number of carbonyl (C=O) groups excluding carboxylic acids is 1. The number of anilines is 1. The van der Waals surface area contributed by atoms with Gasteiger partial charge in [0.25, 0.3) is 0 Å². The van der Waals surface area contributed by atoms with E-state index in [1.54, 1.807) is 25.1 Å². The number of hydrogen-bond acceptors (Lipinski definition) is 5. The number of ether oxygens (including phenoxy) is 1. The van der Waals surface area contributed by atoms with E-state index in [2.05, 4.69) is 17.1 Å². The molecule has 1 atom stereocenters. The number of carbonyl (C=O) groups is 1. The van der Waals surface area contributed by atoms with Crippen molar-refractivity contribution >= 4 is 21.6 Å². The van der Waals surface area contributed by atoms with Crippen LogP contribution in [-0.4, -0.2) is 69.5 Å². The summed E-state index contributed by atoms with van der Waals surface area (Å²) in [7, 11) is -3.59. The van der Waals surface area contributed by atoms with Crippen molar-refractivity contribution in [3.05, 3.63) is 23.8 Å². The molecule has 27 heavy (non-hydrogen) atoms. The molecule has 2 aliphatic heterocycles. The average molecular weight is 396 g/mol. The molecule has 1 amide bonds. The number of rotatable bonds is 5. The Hall–Kier alpha value is -1.48. The van der Waals surface area contributed by atoms with Gasteiger partial charge in [-0.2, -0.15) is 4.31 Å². The molecular weight excluding hydrogens is 366 g/mol. The number of piperidine rings is 1. The molecule has 2 heterocycles. The van der Waals surface area contributed by atoms with Crippen LogP contribution in [0.25, 0.3) is 0 Å². The number of hydrogen-bond donors (Lipinski definition) is 1. The van der Waals surface area contributed by atoms with Crippen LogP contribution in [0.4, 0.5) is 5.69 Å². The quantitative estimate of drug-likeness (QED) is 0.821. The summed E-state index contributed by atoms with van der Waals surface area (Å²) in [6, 6.07) is 5.06. The van der Waals surface area contributed by atoms with Crippen molar-refractivity contribution < 1.29 is 17.9 Å². The summed E-state index contributed by atoms with van der Waals surface area (Å²) in [4.78, 5) is 14.8. The van der Waals surface area contributed by atoms with E-state index in [1.165, 1.54) is 10.7 Å². The molecule has 3 rings (SSSR count). The standard InChI is InChI=1S/C19H29N3O4S/c1-15-4-3-7-21(13-15)14-19(23)20-17-6-5-16(2)18(12-17)27(24,25)22-8-10-26-11-9-22/h5-6,12,15H,3-4,7-11,13-14H2,1-2H3,(H,20,23). The van der Waals surface area contributed by atoms with E-state index in [1.807, 2.05) is 0 Å². The van der Waals surface area contributed by atoms with Gasteiger partial charge in [-0.3, -0.25) is 9.69 Å². The molecule has 8 heteroatoms. The molecule has 0 aromatic heterocycles. The van der Waals surface area contributed by atoms with Crippen LogP contribution < -0.4 is 5.32 Å². The van der Waals surface area contributed by atoms with Crippen LogP contribution in [0.2, 0.25) is 0 Å². The van der Waals surface area contributed by atoms with Gasteiger partial charge in [-0.15, -0.1) is 0 Å². The Kier molecular flexibility index (Phi) is 6.52. The van der Waals surface area contributed by atoms with Crippen LogP contribution in [0, 0.1) is 12.8 Å². The highest BCUT2D eigenvalue weighted by Gasteiger charge is 2.28. The molecule has 1 aromatic carbocycles. The minimum atomic E-state index is -3.59. The van der Waals surface area contributed by atoms with E-state index >= 15 is 0 Å². The third-order valence-electron chi connectivity index (χ3n) is 5.17. The van der Waals surface area contributed by atoms with Gasteiger partial charge in [-0.05, 0) is 49.9 Å². The topological polar surface area (TPSA) is 79.0 Å². The zero-order valence-corrected chi connectivity index (χ0v) is 16.9. The minimum Gasteiger partial charge on any atom is -0.379 e. The van der Waals surface area contributed by atoms with Crippen LogP contribution in [0.5, 0.6) is 0 Å². The van der Waals surface area contributed by atoms with E-state index in [-0.39, 0.29) is 10.8 Å². The molecule has 150 valence electrons. The van der Waals surface area contributed by atoms with Gasteiger partial charge in [-0.1, -0.05) is 13.0 Å². The summed E-state index contributed by atoms with van der Waals surface area (Å²) in [5.74, 6) is 0.499. The van der Waals surface area contributed by atoms with Crippen LogP contribution >= 0.6 is 0 Å². The lowest BCUT2D eigenvalue weighted by molar-refractivity contribution is -0.117. The highest BCUT2D eigenvalue weighted by Crippen LogP contribution is 2.24. The monoisotopic (exact) mass is 395 g/mol. The van der Waals surface area contributed by atoms with Gasteiger partial charge in [0, 0.05) is 25.3 Å². The summed E-state index contributed by atoms with van der Waals surface area (Å²) < 4.78 is 32.6. The van der Waals surface area contributed by atoms with Gasteiger partial charge in [-0.25, -0.2) is 8.42 Å². The molecule has 7 nitrogen and oxygen atoms in total. The molecule has 1 N–H and O–H groups in total. The Morgan fingerprint density at radius 1 is 1.26 bits per heavy atom. The number of aryl methyl sites for hydroxylation is 1. The first kappa shape index (κ1) is 20.3. The van der Waals surface area contributed by atoms with Crippen LogP contribution in [0.15, 0.2) is 23.1 Å². The van der Waals surface area contributed by atoms with Crippen molar-refractivity contribution in [1.29, 1.82) is 0 Å². The van der Waals surface area contributed by atoms with E-state index in [4.69, 9.17) is 4.74 Å². The molecule has 0 bridgehead atoms. The summed E-state index contributed by atoms with van der Waals surface area (Å²) in [6.45, 7) is 7.69. The third-order valence-corrected chi connectivity index (χ3v) is 7.21. The second-order valence-electron chi connectivity index (χ2n) is 7.53. The molecule has 2 fully saturated rings. The Balaban J connectivity index is 1.70. The average Bonchev–Trinajstić information content (AvgIpc) is 2.64. The van der Waals surface area contributed by atoms with Crippen molar-refractivity contribution in [1.82, 2.24) is 9.21 Å². The SMILES string of the molecule is Cc1ccc(NC(=O)CN2CCCC(C)C2)cc1S(=O)(=O)N1CCOCC1. The summed E-state index contributed by atoms with van der Waals surface area (Å²) in [6.07, 6.45) is 2.32. The number of nitrogens with zero attached hydrogens (tertiary/aromatic N) is 2. The van der Waals surface area contributed by atoms with E-state index in [0.29, 0.717) is 50.0 Å². The number of amides is 1. The van der Waals surface area contributed by atoms with Crippen molar-refractivity contribution in [2.24, 2.45) is 5.92 Å². The van der Waals surface area contributed by atoms with E-state index in [0.717, 1.165) is 19.5 Å². The van der Waals surface area contributed by atoms with Crippen molar-refractivity contribution in [3.8, 4) is 0 Å². The zero-order valence-electron chi connectivity index (χ0n) is 16.1. The minimum absolute atomic E-state index is 0.109. The fourth-order valence-electron chi connectivity index (χ4n) is 3.72. The molecular formula is C19H29N3O4S. The zero-order chi connectivity index (χ0) is 19.4. The smallest absolute Gasteiger partial charge is 0.243 e. The van der Waals surface area contributed by atoms with Gasteiger partial charge < -0.3 is 10.1 Å². The molecule has 0 aliphatic carbocycles. The molecule has 0 spiro atoms.